The first-order valence-corrected chi connectivity index (χ1v) is 26.6. The third-order valence-electron chi connectivity index (χ3n) is 11.1. The van der Waals surface area contributed by atoms with Crippen LogP contribution in [0.3, 0.4) is 0 Å². The van der Waals surface area contributed by atoms with E-state index in [-0.39, 0.29) is 75.0 Å². The molecule has 12 N–H and O–H groups in total. The molecule has 396 valence electrons. The lowest BCUT2D eigenvalue weighted by Gasteiger charge is -2.26. The number of ketones is 4. The minimum atomic E-state index is -1.75. The summed E-state index contributed by atoms with van der Waals surface area (Å²) in [6.07, 6.45) is -4.05. The van der Waals surface area contributed by atoms with E-state index in [1.165, 1.54) is 7.11 Å². The van der Waals surface area contributed by atoms with Crippen molar-refractivity contribution in [2.45, 2.75) is 88.4 Å². The second kappa shape index (κ2) is 32.1. The molecule has 2 bridgehead atoms. The van der Waals surface area contributed by atoms with Gasteiger partial charge in [-0.3, -0.25) is 62.5 Å². The van der Waals surface area contributed by atoms with Crippen molar-refractivity contribution in [3.05, 3.63) is 35.9 Å². The molecule has 72 heavy (non-hydrogen) atoms. The summed E-state index contributed by atoms with van der Waals surface area (Å²) in [4.78, 5) is 165. The maximum absolute atomic E-state index is 14.5. The van der Waals surface area contributed by atoms with Gasteiger partial charge in [0.15, 0.2) is 29.1 Å². The molecule has 3 rings (SSSR count). The van der Waals surface area contributed by atoms with Crippen LogP contribution in [0.15, 0.2) is 35.3 Å². The van der Waals surface area contributed by atoms with E-state index in [1.807, 2.05) is 0 Å². The number of carboxylic acids is 2. The van der Waals surface area contributed by atoms with E-state index >= 15 is 0 Å². The number of hydrogen-bond donors (Lipinski definition) is 10. The van der Waals surface area contributed by atoms with Gasteiger partial charge in [-0.25, -0.2) is 0 Å². The van der Waals surface area contributed by atoms with Crippen LogP contribution in [0.1, 0.15) is 63.4 Å². The molecule has 6 amide bonds. The van der Waals surface area contributed by atoms with E-state index in [2.05, 4.69) is 36.9 Å². The quantitative estimate of drug-likeness (QED) is 0.0358. The minimum Gasteiger partial charge on any atom is -0.481 e. The maximum atomic E-state index is 14.5. The molecule has 2 aliphatic rings. The van der Waals surface area contributed by atoms with Gasteiger partial charge in [0.25, 0.3) is 0 Å². The first kappa shape index (κ1) is 60.2. The number of nitrogens with two attached hydrogens (primary N) is 2. The lowest BCUT2D eigenvalue weighted by Crippen LogP contribution is -2.53. The average molecular weight is 1070 g/mol. The first-order chi connectivity index (χ1) is 34.3. The molecule has 2 aliphatic heterocycles. The highest BCUT2D eigenvalue weighted by Crippen LogP contribution is 2.27. The molecule has 0 spiro atoms. The third-order valence-corrected chi connectivity index (χ3v) is 14.6. The van der Waals surface area contributed by atoms with Crippen molar-refractivity contribution in [3.8, 4) is 0 Å². The third kappa shape index (κ3) is 23.0. The number of fused-ring (bicyclic) bond motifs is 5. The van der Waals surface area contributed by atoms with Crippen molar-refractivity contribution in [2.75, 3.05) is 56.4 Å². The van der Waals surface area contributed by atoms with Crippen LogP contribution in [0.2, 0.25) is 0 Å². The second-order valence-electron chi connectivity index (χ2n) is 16.9. The van der Waals surface area contributed by atoms with Crippen LogP contribution in [-0.2, 0) is 68.7 Å². The Hall–Kier alpha value is -6.06. The van der Waals surface area contributed by atoms with Gasteiger partial charge in [0.05, 0.1) is 55.8 Å². The smallest absolute Gasteiger partial charge is 0.305 e. The van der Waals surface area contributed by atoms with Crippen molar-refractivity contribution in [1.29, 1.82) is 0 Å². The number of carbonyl (C=O) groups excluding carboxylic acids is 10. The summed E-state index contributed by atoms with van der Waals surface area (Å²) in [5, 5.41) is 34.6. The number of guanidine groups is 1. The molecule has 7 unspecified atom stereocenters. The number of aliphatic imine (C=N–C) groups is 1. The number of Topliss-reactive ketones (excluding diaryl/α,β-unsaturated/α-hetero) is 4. The predicted octanol–water partition coefficient (Wildman–Crippen LogP) is -1.73. The molecule has 0 aromatic heterocycles. The van der Waals surface area contributed by atoms with Gasteiger partial charge in [-0.15, -0.1) is 11.8 Å². The van der Waals surface area contributed by atoms with E-state index in [0.717, 1.165) is 33.3 Å². The number of amides is 6. The second-order valence-corrected chi connectivity index (χ2v) is 20.5. The Labute approximate surface area is 427 Å². The number of nitrogens with zero attached hydrogens (tertiary/aromatic N) is 1. The minimum absolute atomic E-state index is 0.00569. The normalized spacial score (nSPS) is 23.9. The number of ether oxygens (including phenoxy) is 1. The maximum Gasteiger partial charge on any atom is 0.305 e. The number of benzene rings is 1. The largest absolute Gasteiger partial charge is 0.481 e. The molecule has 2 saturated heterocycles. The summed E-state index contributed by atoms with van der Waals surface area (Å²) < 4.78 is 4.94. The summed E-state index contributed by atoms with van der Waals surface area (Å²) in [6, 6.07) is 2.55. The van der Waals surface area contributed by atoms with E-state index in [1.54, 1.807) is 30.3 Å². The van der Waals surface area contributed by atoms with Crippen molar-refractivity contribution in [3.63, 3.8) is 0 Å². The summed E-state index contributed by atoms with van der Waals surface area (Å²) in [5.41, 5.74) is 11.5. The van der Waals surface area contributed by atoms with Gasteiger partial charge in [-0.05, 0) is 24.8 Å². The number of carbonyl (C=O) groups is 12. The van der Waals surface area contributed by atoms with Gasteiger partial charge < -0.3 is 58.3 Å². The van der Waals surface area contributed by atoms with Gasteiger partial charge in [0.1, 0.15) is 6.04 Å². The lowest BCUT2D eigenvalue weighted by molar-refractivity contribution is -0.142. The zero-order chi connectivity index (χ0) is 53.2. The predicted molar refractivity (Wildman–Crippen MR) is 266 cm³/mol. The number of thioether (sulfide) groups is 1. The Morgan fingerprint density at radius 3 is 2.00 bits per heavy atom. The molecular formula is C45H63N9O15S3. The Morgan fingerprint density at radius 2 is 1.38 bits per heavy atom. The SMILES string of the molecule is COCCNC(=O)CCC(=O)C1CSCC(=O)NC(CC(=O)O)C(=O)NC2CSSCC(NC(=O)C(CC(=O)O)CC(=O)CNC(=O)C(CCCN=C(N)N)CC2=O)C(=O)CC(Cc2ccccc2)C(=O)N1. The van der Waals surface area contributed by atoms with Gasteiger partial charge >= 0.3 is 11.9 Å². The van der Waals surface area contributed by atoms with Crippen LogP contribution in [0.5, 0.6) is 0 Å². The van der Waals surface area contributed by atoms with Crippen LogP contribution >= 0.6 is 33.3 Å². The molecule has 0 aliphatic carbocycles. The van der Waals surface area contributed by atoms with Gasteiger partial charge in [0, 0.05) is 81.4 Å². The van der Waals surface area contributed by atoms with Crippen molar-refractivity contribution < 1.29 is 72.5 Å². The number of aliphatic carboxylic acids is 2. The fourth-order valence-electron chi connectivity index (χ4n) is 7.35. The van der Waals surface area contributed by atoms with Crippen LogP contribution in [0, 0.1) is 17.8 Å². The van der Waals surface area contributed by atoms with Crippen LogP contribution < -0.4 is 43.4 Å². The average Bonchev–Trinajstić information content (AvgIpc) is 3.32. The highest BCUT2D eigenvalue weighted by Gasteiger charge is 2.36. The van der Waals surface area contributed by atoms with Gasteiger partial charge in [-0.2, -0.15) is 0 Å². The summed E-state index contributed by atoms with van der Waals surface area (Å²) in [6.45, 7) is -0.262. The number of rotatable bonds is 17. The summed E-state index contributed by atoms with van der Waals surface area (Å²) in [7, 11) is 3.31. The monoisotopic (exact) mass is 1070 g/mol. The molecule has 1 aromatic rings. The highest BCUT2D eigenvalue weighted by molar-refractivity contribution is 8.76. The number of carboxylic acid groups (broad SMARTS) is 2. The van der Waals surface area contributed by atoms with E-state index < -0.39 is 157 Å². The summed E-state index contributed by atoms with van der Waals surface area (Å²) >= 11 is 0.832. The van der Waals surface area contributed by atoms with Crippen molar-refractivity contribution in [1.82, 2.24) is 31.9 Å². The van der Waals surface area contributed by atoms with Gasteiger partial charge in [0.2, 0.25) is 35.4 Å². The zero-order valence-corrected chi connectivity index (χ0v) is 42.1. The van der Waals surface area contributed by atoms with Gasteiger partial charge in [-0.1, -0.05) is 51.9 Å². The molecule has 24 nitrogen and oxygen atoms in total. The molecule has 0 saturated carbocycles. The fraction of sp³-hybridized carbons (Fsp3) is 0.578. The van der Waals surface area contributed by atoms with Crippen LogP contribution in [0.25, 0.3) is 0 Å². The van der Waals surface area contributed by atoms with E-state index in [0.29, 0.717) is 5.56 Å². The standard InChI is InChI=1S/C45H63N9O15S3/c1-69-13-12-48-37(59)10-9-34(56)31-21-70-24-38(60)51-30(19-40(63)64)44(68)54-33-23-72-71-22-32(36(58)17-27(42(66)52-31)14-25-6-3-2-4-7-25)53-43(67)28(18-39(61)62)15-29(55)20-50-41(65)26(16-35(33)57)8-5-11-49-45(46)47/h2-4,6-7,26-28,30-33H,5,8-24H2,1H3,(H,48,59)(H,50,65)(H,51,60)(H,52,66)(H,53,67)(H,54,68)(H,61,62)(H,63,64)(H4,46,47,49). The Bertz CT molecular complexity index is 2150. The van der Waals surface area contributed by atoms with E-state index in [9.17, 15) is 67.7 Å². The first-order valence-electron chi connectivity index (χ1n) is 22.9. The van der Waals surface area contributed by atoms with Crippen molar-refractivity contribution in [2.24, 2.45) is 34.2 Å². The fourth-order valence-corrected chi connectivity index (χ4v) is 10.6. The topological polar surface area (TPSA) is 391 Å². The number of methoxy groups -OCH3 is 1. The molecule has 7 atom stereocenters. The molecule has 2 heterocycles. The van der Waals surface area contributed by atoms with Crippen molar-refractivity contribution >= 4 is 110 Å². The van der Waals surface area contributed by atoms with Crippen LogP contribution in [0.4, 0.5) is 0 Å². The Kier molecular flexibility index (Phi) is 26.9. The molecule has 1 aromatic carbocycles. The highest BCUT2D eigenvalue weighted by atomic mass is 33.1. The number of hydrogen-bond acceptors (Lipinski definition) is 17. The zero-order valence-electron chi connectivity index (χ0n) is 39.7. The molecule has 2 fully saturated rings. The Balaban J connectivity index is 2.16. The number of nitrogens with one attached hydrogen (secondary N) is 6. The lowest BCUT2D eigenvalue weighted by atomic mass is 9.90. The molecule has 27 heteroatoms. The molecular weight excluding hydrogens is 1000 g/mol. The summed E-state index contributed by atoms with van der Waals surface area (Å²) in [5.74, 6) is -16.1. The Morgan fingerprint density at radius 1 is 0.750 bits per heavy atom. The molecule has 0 radical (unpaired) electrons. The van der Waals surface area contributed by atoms with Crippen LogP contribution in [-0.4, -0.2) is 167 Å². The van der Waals surface area contributed by atoms with E-state index in [4.69, 9.17) is 16.2 Å².